The monoisotopic (exact) mass is 509 g/mol. The Morgan fingerprint density at radius 1 is 1.19 bits per heavy atom. The summed E-state index contributed by atoms with van der Waals surface area (Å²) in [6, 6.07) is 6.08. The van der Waals surface area contributed by atoms with E-state index in [2.05, 4.69) is 25.1 Å². The molecule has 0 radical (unpaired) electrons. The molecule has 0 unspecified atom stereocenters. The number of carbonyl (C=O) groups excluding carboxylic acids is 3. The van der Waals surface area contributed by atoms with E-state index in [9.17, 15) is 14.4 Å². The Kier molecular flexibility index (Phi) is 7.37. The number of hydrogen-bond donors (Lipinski definition) is 1. The molecule has 3 aliphatic heterocycles. The van der Waals surface area contributed by atoms with E-state index >= 15 is 0 Å². The lowest BCUT2D eigenvalue weighted by Crippen LogP contribution is -2.54. The second-order valence-corrected chi connectivity index (χ2v) is 10.6. The lowest BCUT2D eigenvalue weighted by atomic mass is 9.96. The summed E-state index contributed by atoms with van der Waals surface area (Å²) < 4.78 is 5.53. The Balaban J connectivity index is 1.26. The van der Waals surface area contributed by atoms with Gasteiger partial charge in [0.2, 0.25) is 5.91 Å². The molecule has 2 amide bonds. The number of Topliss-reactive ketones (excluding diaryl/α,β-unsaturated/α-hetero) is 1. The fraction of sp³-hybridized carbons (Fsp3) is 0.654. The highest BCUT2D eigenvalue weighted by Crippen LogP contribution is 2.31. The molecular formula is C26H35N7O4. The predicted molar refractivity (Wildman–Crippen MR) is 137 cm³/mol. The van der Waals surface area contributed by atoms with Gasteiger partial charge in [-0.25, -0.2) is 0 Å². The SMILES string of the molecule is CC[C@H](C)[C@H](NC(=O)c1ccc(N2CCN(C3CC3)CC2)cc1)C(=O)N1C[C@@H](N=[N+]=[N-])[C@H]2OCC(=O)[C@H]21. The van der Waals surface area contributed by atoms with Crippen molar-refractivity contribution in [1.29, 1.82) is 0 Å². The molecule has 1 saturated carbocycles. The van der Waals surface area contributed by atoms with E-state index in [-0.39, 0.29) is 36.7 Å². The van der Waals surface area contributed by atoms with E-state index < -0.39 is 24.2 Å². The first-order valence-corrected chi connectivity index (χ1v) is 13.3. The Bertz CT molecular complexity index is 1080. The third-order valence-corrected chi connectivity index (χ3v) is 8.28. The third kappa shape index (κ3) is 5.16. The Morgan fingerprint density at radius 3 is 2.51 bits per heavy atom. The van der Waals surface area contributed by atoms with Crippen molar-refractivity contribution in [2.75, 3.05) is 44.2 Å². The standard InChI is InChI=1S/C26H35N7O4/c1-3-16(2)22(26(36)33-14-20(29-30-27)24-23(33)21(34)15-37-24)28-25(35)17-4-6-18(7-5-17)31-10-12-32(13-11-31)19-8-9-19/h4-7,16,19-20,22-24H,3,8-15H2,1-2H3,(H,28,35)/t16-,20+,22-,23+,24+/m0/s1. The number of carbonyl (C=O) groups is 3. The molecule has 11 heteroatoms. The van der Waals surface area contributed by atoms with E-state index in [0.29, 0.717) is 12.0 Å². The highest BCUT2D eigenvalue weighted by atomic mass is 16.5. The van der Waals surface area contributed by atoms with Gasteiger partial charge in [-0.15, -0.1) is 0 Å². The molecule has 3 saturated heterocycles. The number of nitrogens with one attached hydrogen (secondary N) is 1. The molecule has 198 valence electrons. The van der Waals surface area contributed by atoms with Gasteiger partial charge in [-0.2, -0.15) is 0 Å². The number of fused-ring (bicyclic) bond motifs is 1. The molecule has 0 spiro atoms. The van der Waals surface area contributed by atoms with Gasteiger partial charge in [0.1, 0.15) is 18.7 Å². The van der Waals surface area contributed by atoms with E-state index in [1.54, 1.807) is 12.1 Å². The van der Waals surface area contributed by atoms with Gasteiger partial charge in [-0.1, -0.05) is 25.4 Å². The van der Waals surface area contributed by atoms with Crippen LogP contribution in [0.15, 0.2) is 29.4 Å². The second kappa shape index (κ2) is 10.7. The van der Waals surface area contributed by atoms with E-state index in [1.165, 1.54) is 17.7 Å². The zero-order valence-corrected chi connectivity index (χ0v) is 21.5. The lowest BCUT2D eigenvalue weighted by molar-refractivity contribution is -0.139. The van der Waals surface area contributed by atoms with E-state index in [4.69, 9.17) is 10.3 Å². The first-order valence-electron chi connectivity index (χ1n) is 13.3. The van der Waals surface area contributed by atoms with Crippen molar-refractivity contribution in [2.24, 2.45) is 11.0 Å². The molecule has 11 nitrogen and oxygen atoms in total. The van der Waals surface area contributed by atoms with Gasteiger partial charge in [0.25, 0.3) is 5.91 Å². The van der Waals surface area contributed by atoms with Gasteiger partial charge in [0.05, 0.1) is 12.1 Å². The highest BCUT2D eigenvalue weighted by Gasteiger charge is 2.53. The summed E-state index contributed by atoms with van der Waals surface area (Å²) >= 11 is 0. The molecule has 1 aromatic rings. The smallest absolute Gasteiger partial charge is 0.251 e. The van der Waals surface area contributed by atoms with Crippen LogP contribution in [-0.2, 0) is 14.3 Å². The summed E-state index contributed by atoms with van der Waals surface area (Å²) in [5, 5.41) is 6.66. The summed E-state index contributed by atoms with van der Waals surface area (Å²) in [5.41, 5.74) is 10.5. The van der Waals surface area contributed by atoms with Crippen LogP contribution >= 0.6 is 0 Å². The minimum Gasteiger partial charge on any atom is -0.369 e. The third-order valence-electron chi connectivity index (χ3n) is 8.28. The molecule has 3 heterocycles. The lowest BCUT2D eigenvalue weighted by Gasteiger charge is -2.36. The number of piperazine rings is 1. The summed E-state index contributed by atoms with van der Waals surface area (Å²) in [5.74, 6) is -1.05. The van der Waals surface area contributed by atoms with Gasteiger partial charge in [0, 0.05) is 54.9 Å². The van der Waals surface area contributed by atoms with Crippen LogP contribution < -0.4 is 10.2 Å². The number of anilines is 1. The molecule has 4 fully saturated rings. The number of benzene rings is 1. The molecule has 0 bridgehead atoms. The average molecular weight is 510 g/mol. The maximum absolute atomic E-state index is 13.6. The number of rotatable bonds is 8. The van der Waals surface area contributed by atoms with Crippen molar-refractivity contribution in [2.45, 2.75) is 63.4 Å². The highest BCUT2D eigenvalue weighted by molar-refractivity contribution is 5.99. The Hall–Kier alpha value is -3.14. The maximum atomic E-state index is 13.6. The van der Waals surface area contributed by atoms with Crippen molar-refractivity contribution in [3.05, 3.63) is 40.3 Å². The average Bonchev–Trinajstić information content (AvgIpc) is 3.62. The van der Waals surface area contributed by atoms with Crippen molar-refractivity contribution >= 4 is 23.3 Å². The van der Waals surface area contributed by atoms with Crippen LogP contribution in [0.1, 0.15) is 43.5 Å². The van der Waals surface area contributed by atoms with E-state index in [1.807, 2.05) is 26.0 Å². The summed E-state index contributed by atoms with van der Waals surface area (Å²) in [6.45, 7) is 7.92. The van der Waals surface area contributed by atoms with Gasteiger partial charge in [0.15, 0.2) is 5.78 Å². The molecular weight excluding hydrogens is 474 g/mol. The number of hydrogen-bond acceptors (Lipinski definition) is 7. The zero-order valence-electron chi connectivity index (χ0n) is 21.5. The number of amides is 2. The quantitative estimate of drug-likeness (QED) is 0.324. The maximum Gasteiger partial charge on any atom is 0.251 e. The van der Waals surface area contributed by atoms with Crippen LogP contribution in [-0.4, -0.2) is 97.0 Å². The van der Waals surface area contributed by atoms with Crippen molar-refractivity contribution in [3.63, 3.8) is 0 Å². The molecule has 1 N–H and O–H groups in total. The molecule has 5 atom stereocenters. The summed E-state index contributed by atoms with van der Waals surface area (Å²) in [6.07, 6.45) is 2.66. The number of ketones is 1. The second-order valence-electron chi connectivity index (χ2n) is 10.6. The minimum absolute atomic E-state index is 0.0927. The van der Waals surface area contributed by atoms with Crippen molar-refractivity contribution in [3.8, 4) is 0 Å². The van der Waals surface area contributed by atoms with Crippen molar-refractivity contribution in [1.82, 2.24) is 15.1 Å². The van der Waals surface area contributed by atoms with Crippen LogP contribution in [0.3, 0.4) is 0 Å². The fourth-order valence-corrected chi connectivity index (χ4v) is 5.72. The van der Waals surface area contributed by atoms with Crippen LogP contribution in [0, 0.1) is 5.92 Å². The van der Waals surface area contributed by atoms with E-state index in [0.717, 1.165) is 37.9 Å². The molecule has 5 rings (SSSR count). The van der Waals surface area contributed by atoms with Crippen LogP contribution in [0.25, 0.3) is 10.4 Å². The van der Waals surface area contributed by atoms with Gasteiger partial charge in [-0.05, 0) is 48.6 Å². The van der Waals surface area contributed by atoms with Gasteiger partial charge in [-0.3, -0.25) is 19.3 Å². The van der Waals surface area contributed by atoms with Crippen LogP contribution in [0.5, 0.6) is 0 Å². The van der Waals surface area contributed by atoms with Crippen molar-refractivity contribution < 1.29 is 19.1 Å². The van der Waals surface area contributed by atoms with Crippen LogP contribution in [0.2, 0.25) is 0 Å². The summed E-state index contributed by atoms with van der Waals surface area (Å²) in [4.78, 5) is 48.5. The minimum atomic E-state index is -0.813. The topological polar surface area (TPSA) is 131 Å². The first kappa shape index (κ1) is 25.5. The van der Waals surface area contributed by atoms with Gasteiger partial charge < -0.3 is 19.9 Å². The molecule has 37 heavy (non-hydrogen) atoms. The molecule has 4 aliphatic rings. The Morgan fingerprint density at radius 2 is 1.89 bits per heavy atom. The fourth-order valence-electron chi connectivity index (χ4n) is 5.72. The normalized spacial score (nSPS) is 27.4. The van der Waals surface area contributed by atoms with Crippen LogP contribution in [0.4, 0.5) is 5.69 Å². The number of ether oxygens (including phenoxy) is 1. The number of azide groups is 1. The number of likely N-dealkylation sites (tertiary alicyclic amines) is 1. The first-order chi connectivity index (χ1) is 17.9. The van der Waals surface area contributed by atoms with Gasteiger partial charge >= 0.3 is 0 Å². The predicted octanol–water partition coefficient (Wildman–Crippen LogP) is 1.97. The molecule has 0 aromatic heterocycles. The Labute approximate surface area is 216 Å². The number of nitrogens with zero attached hydrogens (tertiary/aromatic N) is 6. The molecule has 1 aliphatic carbocycles. The largest absolute Gasteiger partial charge is 0.369 e. The molecule has 1 aromatic carbocycles. The zero-order chi connectivity index (χ0) is 26.1. The summed E-state index contributed by atoms with van der Waals surface area (Å²) in [7, 11) is 0.